The topological polar surface area (TPSA) is 75.3 Å². The highest BCUT2D eigenvalue weighted by Gasteiger charge is 2.17. The van der Waals surface area contributed by atoms with Crippen molar-refractivity contribution < 1.29 is 13.2 Å². The van der Waals surface area contributed by atoms with Gasteiger partial charge in [-0.25, -0.2) is 8.42 Å². The van der Waals surface area contributed by atoms with Gasteiger partial charge in [-0.05, 0) is 25.5 Å². The van der Waals surface area contributed by atoms with E-state index in [4.69, 9.17) is 0 Å². The van der Waals surface area contributed by atoms with E-state index in [2.05, 4.69) is 10.0 Å². The van der Waals surface area contributed by atoms with Crippen LogP contribution in [0.15, 0.2) is 24.3 Å². The van der Waals surface area contributed by atoms with Gasteiger partial charge in [0.05, 0.1) is 17.4 Å². The zero-order valence-electron chi connectivity index (χ0n) is 10.7. The SMILES string of the molecule is CNC(=O)Cc1ccccc1NS(=O)(=O)C(C)C. The van der Waals surface area contributed by atoms with E-state index < -0.39 is 15.3 Å². The highest BCUT2D eigenvalue weighted by atomic mass is 32.2. The van der Waals surface area contributed by atoms with Crippen molar-refractivity contribution in [1.82, 2.24) is 5.32 Å². The van der Waals surface area contributed by atoms with Gasteiger partial charge in [0.25, 0.3) is 0 Å². The second-order valence-corrected chi connectivity index (χ2v) is 6.44. The maximum atomic E-state index is 11.8. The summed E-state index contributed by atoms with van der Waals surface area (Å²) in [5.41, 5.74) is 1.11. The molecule has 1 rings (SSSR count). The summed E-state index contributed by atoms with van der Waals surface area (Å²) in [7, 11) is -1.85. The Morgan fingerprint density at radius 3 is 2.44 bits per heavy atom. The van der Waals surface area contributed by atoms with Gasteiger partial charge in [-0.1, -0.05) is 18.2 Å². The van der Waals surface area contributed by atoms with E-state index in [1.54, 1.807) is 45.2 Å². The van der Waals surface area contributed by atoms with Gasteiger partial charge in [-0.3, -0.25) is 9.52 Å². The van der Waals surface area contributed by atoms with E-state index in [0.717, 1.165) is 0 Å². The minimum absolute atomic E-state index is 0.146. The average Bonchev–Trinajstić information content (AvgIpc) is 2.31. The Bertz CT molecular complexity index is 524. The summed E-state index contributed by atoms with van der Waals surface area (Å²) in [6.45, 7) is 3.20. The smallest absolute Gasteiger partial charge is 0.235 e. The minimum Gasteiger partial charge on any atom is -0.359 e. The summed E-state index contributed by atoms with van der Waals surface area (Å²) in [5, 5.41) is 1.99. The Morgan fingerprint density at radius 2 is 1.89 bits per heavy atom. The average molecular weight is 270 g/mol. The molecule has 0 aliphatic carbocycles. The molecule has 0 aromatic heterocycles. The van der Waals surface area contributed by atoms with Gasteiger partial charge in [-0.2, -0.15) is 0 Å². The largest absolute Gasteiger partial charge is 0.359 e. The molecule has 100 valence electrons. The fourth-order valence-electron chi connectivity index (χ4n) is 1.31. The molecule has 1 aromatic rings. The van der Waals surface area contributed by atoms with Crippen LogP contribution in [0.5, 0.6) is 0 Å². The number of hydrogen-bond donors (Lipinski definition) is 2. The number of nitrogens with one attached hydrogen (secondary N) is 2. The number of benzene rings is 1. The predicted molar refractivity (Wildman–Crippen MR) is 71.9 cm³/mol. The Hall–Kier alpha value is -1.56. The number of likely N-dealkylation sites (N-methyl/N-ethyl adjacent to an activating group) is 1. The Balaban J connectivity index is 3.00. The van der Waals surface area contributed by atoms with Crippen LogP contribution in [0.1, 0.15) is 19.4 Å². The molecule has 1 aromatic carbocycles. The van der Waals surface area contributed by atoms with Crippen molar-refractivity contribution in [3.05, 3.63) is 29.8 Å². The van der Waals surface area contributed by atoms with Crippen LogP contribution in [0.4, 0.5) is 5.69 Å². The fourth-order valence-corrected chi connectivity index (χ4v) is 2.05. The first-order chi connectivity index (χ1) is 8.36. The molecule has 0 heterocycles. The van der Waals surface area contributed by atoms with Gasteiger partial charge >= 0.3 is 0 Å². The molecule has 0 spiro atoms. The van der Waals surface area contributed by atoms with Crippen molar-refractivity contribution in [2.45, 2.75) is 25.5 Å². The molecule has 1 amide bonds. The van der Waals surface area contributed by atoms with Crippen LogP contribution in [-0.4, -0.2) is 26.6 Å². The molecule has 2 N–H and O–H groups in total. The number of carbonyl (C=O) groups is 1. The van der Waals surface area contributed by atoms with Crippen LogP contribution < -0.4 is 10.0 Å². The lowest BCUT2D eigenvalue weighted by atomic mass is 10.1. The van der Waals surface area contributed by atoms with Gasteiger partial charge in [0.15, 0.2) is 0 Å². The van der Waals surface area contributed by atoms with Crippen LogP contribution in [-0.2, 0) is 21.2 Å². The summed E-state index contributed by atoms with van der Waals surface area (Å²) in [6, 6.07) is 6.88. The number of anilines is 1. The third-order valence-corrected chi connectivity index (χ3v) is 4.27. The summed E-state index contributed by atoms with van der Waals surface area (Å²) in [4.78, 5) is 11.3. The molecular formula is C12H18N2O3S. The Labute approximate surface area is 108 Å². The van der Waals surface area contributed by atoms with E-state index in [1.165, 1.54) is 0 Å². The molecule has 0 unspecified atom stereocenters. The van der Waals surface area contributed by atoms with Crippen LogP contribution in [0, 0.1) is 0 Å². The van der Waals surface area contributed by atoms with Crippen LogP contribution in [0.25, 0.3) is 0 Å². The lowest BCUT2D eigenvalue weighted by Gasteiger charge is -2.14. The number of sulfonamides is 1. The molecular weight excluding hydrogens is 252 g/mol. The number of hydrogen-bond acceptors (Lipinski definition) is 3. The third kappa shape index (κ3) is 3.73. The van der Waals surface area contributed by atoms with Crippen LogP contribution in [0.2, 0.25) is 0 Å². The normalized spacial score (nSPS) is 11.3. The molecule has 0 fully saturated rings. The van der Waals surface area contributed by atoms with E-state index in [9.17, 15) is 13.2 Å². The van der Waals surface area contributed by atoms with Gasteiger partial charge in [0.2, 0.25) is 15.9 Å². The summed E-state index contributed by atoms with van der Waals surface area (Å²) in [6.07, 6.45) is 0.146. The van der Waals surface area contributed by atoms with Crippen molar-refractivity contribution in [3.8, 4) is 0 Å². The first kappa shape index (κ1) is 14.5. The first-order valence-corrected chi connectivity index (χ1v) is 7.21. The monoisotopic (exact) mass is 270 g/mol. The molecule has 18 heavy (non-hydrogen) atoms. The Kier molecular flexibility index (Phi) is 4.72. The highest BCUT2D eigenvalue weighted by Crippen LogP contribution is 2.18. The van der Waals surface area contributed by atoms with Crippen molar-refractivity contribution >= 4 is 21.6 Å². The molecule has 0 saturated carbocycles. The van der Waals surface area contributed by atoms with E-state index >= 15 is 0 Å². The summed E-state index contributed by atoms with van der Waals surface area (Å²) < 4.78 is 26.1. The molecule has 0 saturated heterocycles. The summed E-state index contributed by atoms with van der Waals surface area (Å²) in [5.74, 6) is -0.161. The van der Waals surface area contributed by atoms with Crippen LogP contribution >= 0.6 is 0 Å². The lowest BCUT2D eigenvalue weighted by Crippen LogP contribution is -2.24. The molecule has 5 nitrogen and oxygen atoms in total. The van der Waals surface area contributed by atoms with Gasteiger partial charge in [0, 0.05) is 7.05 Å². The number of amides is 1. The zero-order valence-corrected chi connectivity index (χ0v) is 11.5. The molecule has 0 aliphatic rings. The number of para-hydroxylation sites is 1. The van der Waals surface area contributed by atoms with Gasteiger partial charge in [-0.15, -0.1) is 0 Å². The maximum Gasteiger partial charge on any atom is 0.235 e. The quantitative estimate of drug-likeness (QED) is 0.842. The molecule has 0 aliphatic heterocycles. The van der Waals surface area contributed by atoms with Crippen molar-refractivity contribution in [3.63, 3.8) is 0 Å². The second kappa shape index (κ2) is 5.86. The predicted octanol–water partition coefficient (Wildman–Crippen LogP) is 1.13. The highest BCUT2D eigenvalue weighted by molar-refractivity contribution is 7.93. The van der Waals surface area contributed by atoms with Crippen LogP contribution in [0.3, 0.4) is 0 Å². The van der Waals surface area contributed by atoms with Gasteiger partial charge < -0.3 is 5.32 Å². The van der Waals surface area contributed by atoms with Crippen molar-refractivity contribution in [2.24, 2.45) is 0 Å². The maximum absolute atomic E-state index is 11.8. The van der Waals surface area contributed by atoms with Gasteiger partial charge in [0.1, 0.15) is 0 Å². The molecule has 0 atom stereocenters. The second-order valence-electron chi connectivity index (χ2n) is 4.20. The number of rotatable bonds is 5. The standard InChI is InChI=1S/C12H18N2O3S/c1-9(2)18(16,17)14-11-7-5-4-6-10(11)8-12(15)13-3/h4-7,9,14H,8H2,1-3H3,(H,13,15). The lowest BCUT2D eigenvalue weighted by molar-refractivity contribution is -0.119. The first-order valence-electron chi connectivity index (χ1n) is 5.67. The molecule has 0 radical (unpaired) electrons. The molecule has 0 bridgehead atoms. The summed E-state index contributed by atoms with van der Waals surface area (Å²) >= 11 is 0. The fraction of sp³-hybridized carbons (Fsp3) is 0.417. The van der Waals surface area contributed by atoms with E-state index in [0.29, 0.717) is 11.3 Å². The molecule has 6 heteroatoms. The minimum atomic E-state index is -3.40. The number of carbonyl (C=O) groups excluding carboxylic acids is 1. The third-order valence-electron chi connectivity index (χ3n) is 2.52. The van der Waals surface area contributed by atoms with Crippen molar-refractivity contribution in [1.29, 1.82) is 0 Å². The van der Waals surface area contributed by atoms with E-state index in [-0.39, 0.29) is 12.3 Å². The zero-order chi connectivity index (χ0) is 13.8. The van der Waals surface area contributed by atoms with E-state index in [1.807, 2.05) is 0 Å². The Morgan fingerprint density at radius 1 is 1.28 bits per heavy atom. The van der Waals surface area contributed by atoms with Crippen molar-refractivity contribution in [2.75, 3.05) is 11.8 Å².